The molecule has 1 aliphatic rings. The standard InChI is InChI=1S/C17H26N2O2/c1-3-7-13-10-17(20)19(11-13)12-15(18)14-8-5-6-9-16(14)21-4-2/h5-6,8-9,13,15H,3-4,7,10-12,18H2,1-2H3. The molecule has 1 fully saturated rings. The molecule has 2 N–H and O–H groups in total. The molecular weight excluding hydrogens is 264 g/mol. The van der Waals surface area contributed by atoms with Crippen molar-refractivity contribution in [3.8, 4) is 5.75 Å². The summed E-state index contributed by atoms with van der Waals surface area (Å²) in [5, 5.41) is 0. The molecule has 0 aromatic heterocycles. The smallest absolute Gasteiger partial charge is 0.222 e. The fraction of sp³-hybridized carbons (Fsp3) is 0.588. The Morgan fingerprint density at radius 2 is 2.14 bits per heavy atom. The molecule has 2 atom stereocenters. The summed E-state index contributed by atoms with van der Waals surface area (Å²) in [5.74, 6) is 1.55. The van der Waals surface area contributed by atoms with Gasteiger partial charge in [0.15, 0.2) is 0 Å². The number of rotatable bonds is 7. The third-order valence-electron chi connectivity index (χ3n) is 4.03. The lowest BCUT2D eigenvalue weighted by Crippen LogP contribution is -2.33. The van der Waals surface area contributed by atoms with Crippen molar-refractivity contribution >= 4 is 5.91 Å². The van der Waals surface area contributed by atoms with Gasteiger partial charge in [-0.3, -0.25) is 4.79 Å². The number of para-hydroxylation sites is 1. The van der Waals surface area contributed by atoms with Crippen LogP contribution < -0.4 is 10.5 Å². The number of carbonyl (C=O) groups excluding carboxylic acids is 1. The maximum Gasteiger partial charge on any atom is 0.222 e. The highest BCUT2D eigenvalue weighted by Crippen LogP contribution is 2.27. The van der Waals surface area contributed by atoms with Gasteiger partial charge in [-0.05, 0) is 25.3 Å². The van der Waals surface area contributed by atoms with Gasteiger partial charge in [-0.1, -0.05) is 31.5 Å². The fourth-order valence-electron chi connectivity index (χ4n) is 3.04. The molecule has 2 rings (SSSR count). The lowest BCUT2D eigenvalue weighted by molar-refractivity contribution is -0.127. The molecule has 1 aliphatic heterocycles. The summed E-state index contributed by atoms with van der Waals surface area (Å²) < 4.78 is 5.63. The summed E-state index contributed by atoms with van der Waals surface area (Å²) in [6, 6.07) is 7.63. The number of nitrogens with zero attached hydrogens (tertiary/aromatic N) is 1. The first-order valence-electron chi connectivity index (χ1n) is 7.90. The molecule has 21 heavy (non-hydrogen) atoms. The molecule has 1 aromatic rings. The summed E-state index contributed by atoms with van der Waals surface area (Å²) >= 11 is 0. The van der Waals surface area contributed by atoms with E-state index in [-0.39, 0.29) is 11.9 Å². The first-order chi connectivity index (χ1) is 10.2. The van der Waals surface area contributed by atoms with Crippen LogP contribution in [0.4, 0.5) is 0 Å². The van der Waals surface area contributed by atoms with Gasteiger partial charge in [0.25, 0.3) is 0 Å². The summed E-state index contributed by atoms with van der Waals surface area (Å²) in [6.45, 7) is 6.16. The number of hydrogen-bond acceptors (Lipinski definition) is 3. The SMILES string of the molecule is CCCC1CC(=O)N(CC(N)c2ccccc2OCC)C1. The Hall–Kier alpha value is -1.55. The van der Waals surface area contributed by atoms with Gasteiger partial charge in [-0.2, -0.15) is 0 Å². The summed E-state index contributed by atoms with van der Waals surface area (Å²) in [4.78, 5) is 14.0. The van der Waals surface area contributed by atoms with E-state index in [0.29, 0.717) is 25.5 Å². The van der Waals surface area contributed by atoms with Crippen molar-refractivity contribution in [1.29, 1.82) is 0 Å². The van der Waals surface area contributed by atoms with Gasteiger partial charge in [0.2, 0.25) is 5.91 Å². The van der Waals surface area contributed by atoms with Crippen LogP contribution in [-0.2, 0) is 4.79 Å². The predicted octanol–water partition coefficient (Wildman–Crippen LogP) is 2.73. The molecular formula is C17H26N2O2. The summed E-state index contributed by atoms with van der Waals surface area (Å²) in [7, 11) is 0. The van der Waals surface area contributed by atoms with E-state index in [4.69, 9.17) is 10.5 Å². The molecule has 4 heteroatoms. The van der Waals surface area contributed by atoms with E-state index in [9.17, 15) is 4.79 Å². The second-order valence-corrected chi connectivity index (χ2v) is 5.73. The maximum atomic E-state index is 12.1. The molecule has 0 saturated carbocycles. The predicted molar refractivity (Wildman–Crippen MR) is 84.1 cm³/mol. The molecule has 1 amide bonds. The van der Waals surface area contributed by atoms with Gasteiger partial charge < -0.3 is 15.4 Å². The maximum absolute atomic E-state index is 12.1. The van der Waals surface area contributed by atoms with Gasteiger partial charge in [0.05, 0.1) is 12.6 Å². The number of benzene rings is 1. The van der Waals surface area contributed by atoms with Crippen molar-refractivity contribution < 1.29 is 9.53 Å². The van der Waals surface area contributed by atoms with E-state index in [2.05, 4.69) is 6.92 Å². The highest BCUT2D eigenvalue weighted by molar-refractivity contribution is 5.78. The van der Waals surface area contributed by atoms with Crippen LogP contribution in [0.5, 0.6) is 5.75 Å². The zero-order valence-corrected chi connectivity index (χ0v) is 13.0. The van der Waals surface area contributed by atoms with E-state index < -0.39 is 0 Å². The van der Waals surface area contributed by atoms with Crippen LogP contribution >= 0.6 is 0 Å². The molecule has 1 heterocycles. The minimum Gasteiger partial charge on any atom is -0.494 e. The van der Waals surface area contributed by atoms with Gasteiger partial charge in [0.1, 0.15) is 5.75 Å². The lowest BCUT2D eigenvalue weighted by Gasteiger charge is -2.23. The Labute approximate surface area is 127 Å². The lowest BCUT2D eigenvalue weighted by atomic mass is 10.0. The summed E-state index contributed by atoms with van der Waals surface area (Å²) in [5.41, 5.74) is 7.29. The average molecular weight is 290 g/mol. The highest BCUT2D eigenvalue weighted by atomic mass is 16.5. The fourth-order valence-corrected chi connectivity index (χ4v) is 3.04. The molecule has 1 aromatic carbocycles. The molecule has 0 bridgehead atoms. The van der Waals surface area contributed by atoms with E-state index in [1.807, 2.05) is 36.1 Å². The Balaban J connectivity index is 2.01. The van der Waals surface area contributed by atoms with Gasteiger partial charge in [-0.25, -0.2) is 0 Å². The second-order valence-electron chi connectivity index (χ2n) is 5.73. The van der Waals surface area contributed by atoms with E-state index in [1.54, 1.807) is 0 Å². The van der Waals surface area contributed by atoms with Gasteiger partial charge in [-0.15, -0.1) is 0 Å². The number of hydrogen-bond donors (Lipinski definition) is 1. The van der Waals surface area contributed by atoms with Gasteiger partial charge in [0, 0.05) is 25.1 Å². The van der Waals surface area contributed by atoms with Crippen LogP contribution in [-0.4, -0.2) is 30.5 Å². The molecule has 0 spiro atoms. The molecule has 0 aliphatic carbocycles. The quantitative estimate of drug-likeness (QED) is 0.840. The highest BCUT2D eigenvalue weighted by Gasteiger charge is 2.30. The Morgan fingerprint density at radius 1 is 1.38 bits per heavy atom. The number of carbonyl (C=O) groups is 1. The minimum atomic E-state index is -0.197. The molecule has 2 unspecified atom stereocenters. The molecule has 1 saturated heterocycles. The first kappa shape index (κ1) is 15.8. The number of likely N-dealkylation sites (tertiary alicyclic amines) is 1. The van der Waals surface area contributed by atoms with Crippen molar-refractivity contribution in [3.05, 3.63) is 29.8 Å². The van der Waals surface area contributed by atoms with E-state index >= 15 is 0 Å². The minimum absolute atomic E-state index is 0.197. The third-order valence-corrected chi connectivity index (χ3v) is 4.03. The zero-order chi connectivity index (χ0) is 15.2. The van der Waals surface area contributed by atoms with Crippen LogP contribution in [0.25, 0.3) is 0 Å². The first-order valence-corrected chi connectivity index (χ1v) is 7.90. The van der Waals surface area contributed by atoms with Gasteiger partial charge >= 0.3 is 0 Å². The van der Waals surface area contributed by atoms with Crippen molar-refractivity contribution in [1.82, 2.24) is 4.90 Å². The molecule has 4 nitrogen and oxygen atoms in total. The largest absolute Gasteiger partial charge is 0.494 e. The van der Waals surface area contributed by atoms with Crippen molar-refractivity contribution in [2.75, 3.05) is 19.7 Å². The van der Waals surface area contributed by atoms with Crippen LogP contribution in [0.1, 0.15) is 44.7 Å². The van der Waals surface area contributed by atoms with Crippen LogP contribution in [0.15, 0.2) is 24.3 Å². The van der Waals surface area contributed by atoms with E-state index in [0.717, 1.165) is 30.7 Å². The molecule has 116 valence electrons. The van der Waals surface area contributed by atoms with E-state index in [1.165, 1.54) is 0 Å². The van der Waals surface area contributed by atoms with Crippen molar-refractivity contribution in [2.24, 2.45) is 11.7 Å². The van der Waals surface area contributed by atoms with Crippen LogP contribution in [0.2, 0.25) is 0 Å². The number of nitrogens with two attached hydrogens (primary N) is 1. The normalized spacial score (nSPS) is 19.9. The second kappa shape index (κ2) is 7.46. The summed E-state index contributed by atoms with van der Waals surface area (Å²) in [6.07, 6.45) is 2.92. The third kappa shape index (κ3) is 3.97. The Bertz CT molecular complexity index is 476. The zero-order valence-electron chi connectivity index (χ0n) is 13.0. The molecule has 0 radical (unpaired) electrons. The monoisotopic (exact) mass is 290 g/mol. The topological polar surface area (TPSA) is 55.6 Å². The number of amides is 1. The Kier molecular flexibility index (Phi) is 5.62. The Morgan fingerprint density at radius 3 is 2.86 bits per heavy atom. The van der Waals surface area contributed by atoms with Crippen LogP contribution in [0.3, 0.4) is 0 Å². The average Bonchev–Trinajstić information content (AvgIpc) is 2.80. The van der Waals surface area contributed by atoms with Crippen LogP contribution in [0, 0.1) is 5.92 Å². The van der Waals surface area contributed by atoms with Crippen molar-refractivity contribution in [3.63, 3.8) is 0 Å². The number of ether oxygens (including phenoxy) is 1. The van der Waals surface area contributed by atoms with Crippen molar-refractivity contribution in [2.45, 2.75) is 39.2 Å².